The quantitative estimate of drug-likeness (QED) is 0.802. The van der Waals surface area contributed by atoms with Crippen LogP contribution in [0.15, 0.2) is 29.2 Å². The molecule has 2 heterocycles. The van der Waals surface area contributed by atoms with Crippen molar-refractivity contribution < 1.29 is 31.9 Å². The Morgan fingerprint density at radius 3 is 2.62 bits per heavy atom. The number of benzene rings is 1. The van der Waals surface area contributed by atoms with Crippen LogP contribution in [0.25, 0.3) is 0 Å². The molecule has 2 aliphatic heterocycles. The number of hydrogen-bond donors (Lipinski definition) is 1. The molecule has 134 valence electrons. The van der Waals surface area contributed by atoms with Gasteiger partial charge in [-0.05, 0) is 32.9 Å². The van der Waals surface area contributed by atoms with E-state index in [1.165, 1.54) is 12.1 Å². The van der Waals surface area contributed by atoms with E-state index in [2.05, 4.69) is 0 Å². The van der Waals surface area contributed by atoms with Crippen LogP contribution in [0.1, 0.15) is 19.4 Å². The highest BCUT2D eigenvalue weighted by molar-refractivity contribution is 7.86. The van der Waals surface area contributed by atoms with Gasteiger partial charge in [0, 0.05) is 0 Å². The molecule has 8 heteroatoms. The first kappa shape index (κ1) is 17.8. The molecule has 0 unspecified atom stereocenters. The van der Waals surface area contributed by atoms with Crippen molar-refractivity contribution >= 4 is 10.1 Å². The smallest absolute Gasteiger partial charge is 0.297 e. The minimum absolute atomic E-state index is 0.0683. The first-order valence-electron chi connectivity index (χ1n) is 7.79. The van der Waals surface area contributed by atoms with Gasteiger partial charge in [-0.2, -0.15) is 8.42 Å². The van der Waals surface area contributed by atoms with Crippen molar-refractivity contribution in [3.8, 4) is 0 Å². The first-order chi connectivity index (χ1) is 11.2. The first-order valence-corrected chi connectivity index (χ1v) is 9.20. The van der Waals surface area contributed by atoms with Crippen molar-refractivity contribution in [2.75, 3.05) is 13.2 Å². The van der Waals surface area contributed by atoms with E-state index in [1.807, 2.05) is 6.92 Å². The topological polar surface area (TPSA) is 91.3 Å². The zero-order valence-electron chi connectivity index (χ0n) is 13.8. The molecule has 3 rings (SSSR count). The second-order valence-electron chi connectivity index (χ2n) is 6.55. The van der Waals surface area contributed by atoms with E-state index in [1.54, 1.807) is 26.0 Å². The molecule has 0 aliphatic carbocycles. The van der Waals surface area contributed by atoms with Gasteiger partial charge in [-0.15, -0.1) is 0 Å². The lowest BCUT2D eigenvalue weighted by atomic mass is 10.1. The van der Waals surface area contributed by atoms with Crippen LogP contribution in [0.5, 0.6) is 0 Å². The molecule has 0 spiro atoms. The molecule has 0 saturated carbocycles. The maximum absolute atomic E-state index is 12.2. The molecular weight excluding hydrogens is 336 g/mol. The van der Waals surface area contributed by atoms with Gasteiger partial charge < -0.3 is 19.3 Å². The van der Waals surface area contributed by atoms with Crippen LogP contribution in [0.3, 0.4) is 0 Å². The second-order valence-corrected chi connectivity index (χ2v) is 8.16. The van der Waals surface area contributed by atoms with E-state index < -0.39 is 40.3 Å². The van der Waals surface area contributed by atoms with Crippen LogP contribution in [0.4, 0.5) is 0 Å². The molecule has 0 amide bonds. The molecular formula is C16H22O7S. The highest BCUT2D eigenvalue weighted by atomic mass is 32.2. The summed E-state index contributed by atoms with van der Waals surface area (Å²) in [5.74, 6) is -0.810. The van der Waals surface area contributed by atoms with Crippen molar-refractivity contribution in [1.29, 1.82) is 0 Å². The summed E-state index contributed by atoms with van der Waals surface area (Å²) in [7, 11) is -3.91. The van der Waals surface area contributed by atoms with Gasteiger partial charge in [0.05, 0.1) is 18.1 Å². The number of aryl methyl sites for hydroxylation is 1. The Hall–Kier alpha value is -1.03. The number of ether oxygens (including phenoxy) is 3. The Kier molecular flexibility index (Phi) is 4.71. The van der Waals surface area contributed by atoms with E-state index in [-0.39, 0.29) is 18.1 Å². The van der Waals surface area contributed by atoms with E-state index in [9.17, 15) is 13.5 Å². The third-order valence-electron chi connectivity index (χ3n) is 4.15. The van der Waals surface area contributed by atoms with Crippen molar-refractivity contribution in [1.82, 2.24) is 0 Å². The third kappa shape index (κ3) is 3.63. The molecule has 0 radical (unpaired) electrons. The monoisotopic (exact) mass is 358 g/mol. The van der Waals surface area contributed by atoms with Crippen molar-refractivity contribution in [2.45, 2.75) is 55.9 Å². The molecule has 24 heavy (non-hydrogen) atoms. The predicted octanol–water partition coefficient (Wildman–Crippen LogP) is 0.980. The van der Waals surface area contributed by atoms with Crippen molar-refractivity contribution in [2.24, 2.45) is 0 Å². The van der Waals surface area contributed by atoms with Crippen molar-refractivity contribution in [3.05, 3.63) is 29.8 Å². The van der Waals surface area contributed by atoms with Gasteiger partial charge in [0.15, 0.2) is 5.79 Å². The minimum Gasteiger partial charge on any atom is -0.387 e. The number of hydrogen-bond acceptors (Lipinski definition) is 7. The normalized spacial score (nSPS) is 32.5. The van der Waals surface area contributed by atoms with Crippen LogP contribution in [0.2, 0.25) is 0 Å². The Morgan fingerprint density at radius 2 is 1.96 bits per heavy atom. The summed E-state index contributed by atoms with van der Waals surface area (Å²) < 4.78 is 46.3. The molecule has 1 aromatic rings. The average Bonchev–Trinajstić information content (AvgIpc) is 2.81. The van der Waals surface area contributed by atoms with Gasteiger partial charge in [0.1, 0.15) is 24.4 Å². The summed E-state index contributed by atoms with van der Waals surface area (Å²) in [4.78, 5) is 0.0683. The minimum atomic E-state index is -3.91. The van der Waals surface area contributed by atoms with Gasteiger partial charge in [-0.1, -0.05) is 17.7 Å². The molecule has 2 fully saturated rings. The standard InChI is InChI=1S/C16H22O7S/c1-10-4-6-11(7-5-10)24(18,19)21-9-12-14(17)15-13(22-12)8-20-16(2,3)23-15/h4-7,12-15,17H,8-9H2,1-3H3/t12-,13-,14+,15+/m0/s1. The lowest BCUT2D eigenvalue weighted by molar-refractivity contribution is -0.300. The highest BCUT2D eigenvalue weighted by Gasteiger charge is 2.50. The summed E-state index contributed by atoms with van der Waals surface area (Å²) in [5, 5.41) is 10.3. The molecule has 2 saturated heterocycles. The van der Waals surface area contributed by atoms with E-state index >= 15 is 0 Å². The van der Waals surface area contributed by atoms with Gasteiger partial charge in [0.2, 0.25) is 0 Å². The van der Waals surface area contributed by atoms with Crippen LogP contribution >= 0.6 is 0 Å². The van der Waals surface area contributed by atoms with Gasteiger partial charge in [-0.25, -0.2) is 0 Å². The van der Waals surface area contributed by atoms with E-state index in [4.69, 9.17) is 18.4 Å². The maximum atomic E-state index is 12.2. The van der Waals surface area contributed by atoms with Crippen LogP contribution in [-0.4, -0.2) is 56.9 Å². The molecule has 7 nitrogen and oxygen atoms in total. The molecule has 2 aliphatic rings. The number of aliphatic hydroxyl groups excluding tert-OH is 1. The molecule has 1 aromatic carbocycles. The van der Waals surface area contributed by atoms with Gasteiger partial charge >= 0.3 is 0 Å². The number of rotatable bonds is 4. The molecule has 4 atom stereocenters. The Morgan fingerprint density at radius 1 is 1.29 bits per heavy atom. The second kappa shape index (κ2) is 6.36. The van der Waals surface area contributed by atoms with Gasteiger partial charge in [-0.3, -0.25) is 4.18 Å². The summed E-state index contributed by atoms with van der Waals surface area (Å²) in [6.45, 7) is 5.36. The lowest BCUT2D eigenvalue weighted by Crippen LogP contribution is -2.50. The van der Waals surface area contributed by atoms with Crippen LogP contribution in [-0.2, 0) is 28.5 Å². The maximum Gasteiger partial charge on any atom is 0.297 e. The number of fused-ring (bicyclic) bond motifs is 1. The zero-order valence-corrected chi connectivity index (χ0v) is 14.7. The highest BCUT2D eigenvalue weighted by Crippen LogP contribution is 2.33. The fourth-order valence-electron chi connectivity index (χ4n) is 2.81. The predicted molar refractivity (Wildman–Crippen MR) is 83.9 cm³/mol. The van der Waals surface area contributed by atoms with Gasteiger partial charge in [0.25, 0.3) is 10.1 Å². The molecule has 1 N–H and O–H groups in total. The van der Waals surface area contributed by atoms with Crippen molar-refractivity contribution in [3.63, 3.8) is 0 Å². The van der Waals surface area contributed by atoms with E-state index in [0.29, 0.717) is 0 Å². The molecule has 0 bridgehead atoms. The Labute approximate surface area is 141 Å². The number of aliphatic hydroxyl groups is 1. The summed E-state index contributed by atoms with van der Waals surface area (Å²) in [6.07, 6.45) is -2.78. The van der Waals surface area contributed by atoms with Crippen LogP contribution in [0, 0.1) is 6.92 Å². The third-order valence-corrected chi connectivity index (χ3v) is 5.44. The fraction of sp³-hybridized carbons (Fsp3) is 0.625. The average molecular weight is 358 g/mol. The zero-order chi connectivity index (χ0) is 17.5. The Balaban J connectivity index is 1.64. The largest absolute Gasteiger partial charge is 0.387 e. The summed E-state index contributed by atoms with van der Waals surface area (Å²) in [5.41, 5.74) is 0.951. The SMILES string of the molecule is Cc1ccc(S(=O)(=O)OC[C@@H]2O[C@H]3COC(C)(C)O[C@H]3[C@@H]2O)cc1. The lowest BCUT2D eigenvalue weighted by Gasteiger charge is -2.37. The van der Waals surface area contributed by atoms with E-state index in [0.717, 1.165) is 5.56 Å². The summed E-state index contributed by atoms with van der Waals surface area (Å²) >= 11 is 0. The Bertz CT molecular complexity index is 683. The fourth-order valence-corrected chi connectivity index (χ4v) is 3.72. The van der Waals surface area contributed by atoms with Crippen LogP contribution < -0.4 is 0 Å². The summed E-state index contributed by atoms with van der Waals surface area (Å²) in [6, 6.07) is 6.35. The molecule has 0 aromatic heterocycles.